The molecule has 0 bridgehead atoms. The van der Waals surface area contributed by atoms with Crippen LogP contribution >= 0.6 is 0 Å². The first-order valence-corrected chi connectivity index (χ1v) is 6.30. The van der Waals surface area contributed by atoms with Crippen LogP contribution in [0.4, 0.5) is 0 Å². The minimum absolute atomic E-state index is 0.0639. The number of unbranched alkanes of at least 4 members (excludes halogenated alkanes) is 2. The summed E-state index contributed by atoms with van der Waals surface area (Å²) in [5.41, 5.74) is 0. The van der Waals surface area contributed by atoms with E-state index in [4.69, 9.17) is 4.74 Å². The van der Waals surface area contributed by atoms with Gasteiger partial charge < -0.3 is 9.47 Å². The highest BCUT2D eigenvalue weighted by Crippen LogP contribution is 2.03. The zero-order valence-corrected chi connectivity index (χ0v) is 11.3. The van der Waals surface area contributed by atoms with Crippen molar-refractivity contribution in [1.29, 1.82) is 0 Å². The molecule has 106 valence electrons. The summed E-state index contributed by atoms with van der Waals surface area (Å²) >= 11 is 0. The molecule has 0 aromatic carbocycles. The van der Waals surface area contributed by atoms with Crippen molar-refractivity contribution in [3.8, 4) is 0 Å². The Hall–Kier alpha value is -1.92. The summed E-state index contributed by atoms with van der Waals surface area (Å²) in [6.45, 7) is 2.88. The molecule has 7 nitrogen and oxygen atoms in total. The highest BCUT2D eigenvalue weighted by atomic mass is 16.5. The quantitative estimate of drug-likeness (QED) is 0.520. The van der Waals surface area contributed by atoms with E-state index >= 15 is 0 Å². The largest absolute Gasteiger partial charge is 0.466 e. The number of ether oxygens (including phenoxy) is 2. The van der Waals surface area contributed by atoms with Crippen LogP contribution < -0.4 is 0 Å². The summed E-state index contributed by atoms with van der Waals surface area (Å²) in [4.78, 5) is 26.1. The smallest absolute Gasteiger partial charge is 0.377 e. The fourth-order valence-corrected chi connectivity index (χ4v) is 1.54. The second kappa shape index (κ2) is 8.23. The van der Waals surface area contributed by atoms with Gasteiger partial charge in [-0.25, -0.2) is 9.78 Å². The Balaban J connectivity index is 2.17. The number of esters is 2. The van der Waals surface area contributed by atoms with Crippen molar-refractivity contribution in [3.63, 3.8) is 0 Å². The monoisotopic (exact) mass is 269 g/mol. The molecule has 0 radical (unpaired) electrons. The maximum atomic E-state index is 11.1. The van der Waals surface area contributed by atoms with Crippen LogP contribution in [0.15, 0.2) is 6.33 Å². The predicted molar refractivity (Wildman–Crippen MR) is 66.5 cm³/mol. The maximum Gasteiger partial charge on any atom is 0.377 e. The number of nitrogens with zero attached hydrogens (tertiary/aromatic N) is 3. The highest BCUT2D eigenvalue weighted by Gasteiger charge is 2.10. The van der Waals surface area contributed by atoms with Crippen molar-refractivity contribution in [1.82, 2.24) is 14.8 Å². The molecule has 7 heteroatoms. The van der Waals surface area contributed by atoms with Crippen LogP contribution in [0, 0.1) is 0 Å². The van der Waals surface area contributed by atoms with E-state index < -0.39 is 5.97 Å². The maximum absolute atomic E-state index is 11.1. The summed E-state index contributed by atoms with van der Waals surface area (Å²) in [7, 11) is 1.29. The second-order valence-electron chi connectivity index (χ2n) is 3.94. The normalized spacial score (nSPS) is 10.2. The topological polar surface area (TPSA) is 83.3 Å². The number of rotatable bonds is 8. The van der Waals surface area contributed by atoms with E-state index in [0.717, 1.165) is 19.3 Å². The lowest BCUT2D eigenvalue weighted by molar-refractivity contribution is -0.143. The number of aryl methyl sites for hydroxylation is 1. The molecule has 0 aliphatic carbocycles. The molecular weight excluding hydrogens is 250 g/mol. The lowest BCUT2D eigenvalue weighted by atomic mass is 10.2. The van der Waals surface area contributed by atoms with E-state index in [9.17, 15) is 9.59 Å². The average molecular weight is 269 g/mol. The highest BCUT2D eigenvalue weighted by molar-refractivity contribution is 5.84. The van der Waals surface area contributed by atoms with Gasteiger partial charge in [-0.1, -0.05) is 6.42 Å². The van der Waals surface area contributed by atoms with Crippen molar-refractivity contribution in [3.05, 3.63) is 12.2 Å². The second-order valence-corrected chi connectivity index (χ2v) is 3.94. The Morgan fingerprint density at radius 2 is 2.11 bits per heavy atom. The number of hydrogen-bond acceptors (Lipinski definition) is 6. The SMILES string of the molecule is CCOC(=O)CCCCCn1cnc(C(=O)OC)n1. The molecule has 1 heterocycles. The first-order chi connectivity index (χ1) is 9.17. The molecule has 0 spiro atoms. The van der Waals surface area contributed by atoms with Gasteiger partial charge in [0.15, 0.2) is 0 Å². The van der Waals surface area contributed by atoms with Crippen LogP contribution in [0.3, 0.4) is 0 Å². The summed E-state index contributed by atoms with van der Waals surface area (Å²) in [6.07, 6.45) is 4.49. The van der Waals surface area contributed by atoms with Gasteiger partial charge in [0.05, 0.1) is 13.7 Å². The van der Waals surface area contributed by atoms with Gasteiger partial charge in [0.25, 0.3) is 5.82 Å². The predicted octanol–water partition coefficient (Wildman–Crippen LogP) is 1.19. The van der Waals surface area contributed by atoms with Crippen LogP contribution in [-0.2, 0) is 20.8 Å². The third-order valence-electron chi connectivity index (χ3n) is 2.48. The zero-order chi connectivity index (χ0) is 14.1. The van der Waals surface area contributed by atoms with Gasteiger partial charge in [0, 0.05) is 13.0 Å². The van der Waals surface area contributed by atoms with E-state index in [1.165, 1.54) is 13.4 Å². The number of methoxy groups -OCH3 is 1. The van der Waals surface area contributed by atoms with E-state index in [0.29, 0.717) is 19.6 Å². The molecule has 1 aromatic heterocycles. The number of carbonyl (C=O) groups is 2. The fourth-order valence-electron chi connectivity index (χ4n) is 1.54. The van der Waals surface area contributed by atoms with Gasteiger partial charge in [-0.05, 0) is 19.8 Å². The first kappa shape index (κ1) is 15.1. The van der Waals surface area contributed by atoms with Crippen molar-refractivity contribution in [2.45, 2.75) is 39.2 Å². The van der Waals surface area contributed by atoms with Crippen LogP contribution in [0.1, 0.15) is 43.2 Å². The lowest BCUT2D eigenvalue weighted by Gasteiger charge is -2.02. The molecule has 0 N–H and O–H groups in total. The van der Waals surface area contributed by atoms with Crippen molar-refractivity contribution < 1.29 is 19.1 Å². The van der Waals surface area contributed by atoms with Crippen LogP contribution in [0.25, 0.3) is 0 Å². The standard InChI is InChI=1S/C12H19N3O4/c1-3-19-10(16)7-5-4-6-8-15-9-13-11(14-15)12(17)18-2/h9H,3-8H2,1-2H3. The van der Waals surface area contributed by atoms with Crippen LogP contribution in [0.5, 0.6) is 0 Å². The fraction of sp³-hybridized carbons (Fsp3) is 0.667. The minimum atomic E-state index is -0.541. The molecule has 0 saturated carbocycles. The van der Waals surface area contributed by atoms with Gasteiger partial charge in [-0.3, -0.25) is 9.48 Å². The van der Waals surface area contributed by atoms with Gasteiger partial charge >= 0.3 is 11.9 Å². The molecule has 0 atom stereocenters. The van der Waals surface area contributed by atoms with Gasteiger partial charge in [0.2, 0.25) is 0 Å². The molecule has 1 rings (SSSR count). The molecule has 19 heavy (non-hydrogen) atoms. The molecular formula is C12H19N3O4. The molecule has 1 aromatic rings. The molecule has 0 aliphatic rings. The van der Waals surface area contributed by atoms with E-state index in [1.54, 1.807) is 11.6 Å². The lowest BCUT2D eigenvalue weighted by Crippen LogP contribution is -2.06. The van der Waals surface area contributed by atoms with E-state index in [1.807, 2.05) is 0 Å². The Kier molecular flexibility index (Phi) is 6.56. The Morgan fingerprint density at radius 3 is 2.79 bits per heavy atom. The third-order valence-corrected chi connectivity index (χ3v) is 2.48. The van der Waals surface area contributed by atoms with E-state index in [2.05, 4.69) is 14.8 Å². The van der Waals surface area contributed by atoms with Crippen molar-refractivity contribution in [2.75, 3.05) is 13.7 Å². The van der Waals surface area contributed by atoms with E-state index in [-0.39, 0.29) is 11.8 Å². The summed E-state index contributed by atoms with van der Waals surface area (Å²) in [6, 6.07) is 0. The molecule has 0 amide bonds. The molecule has 0 unspecified atom stereocenters. The van der Waals surface area contributed by atoms with Crippen LogP contribution in [-0.4, -0.2) is 40.4 Å². The molecule has 0 aliphatic heterocycles. The average Bonchev–Trinajstić information content (AvgIpc) is 2.86. The molecule has 0 saturated heterocycles. The number of carbonyl (C=O) groups excluding carboxylic acids is 2. The Bertz CT molecular complexity index is 417. The van der Waals surface area contributed by atoms with Crippen molar-refractivity contribution >= 4 is 11.9 Å². The third kappa shape index (κ3) is 5.50. The summed E-state index contributed by atoms with van der Waals surface area (Å²) < 4.78 is 10.9. The Labute approximate surface area is 111 Å². The Morgan fingerprint density at radius 1 is 1.32 bits per heavy atom. The van der Waals surface area contributed by atoms with Crippen molar-refractivity contribution in [2.24, 2.45) is 0 Å². The van der Waals surface area contributed by atoms with Gasteiger partial charge in [-0.15, -0.1) is 5.10 Å². The van der Waals surface area contributed by atoms with Gasteiger partial charge in [0.1, 0.15) is 6.33 Å². The number of aromatic nitrogens is 3. The summed E-state index contributed by atoms with van der Waals surface area (Å²) in [5.74, 6) is -0.633. The first-order valence-electron chi connectivity index (χ1n) is 6.30. The molecule has 0 fully saturated rings. The van der Waals surface area contributed by atoms with Crippen LogP contribution in [0.2, 0.25) is 0 Å². The van der Waals surface area contributed by atoms with Gasteiger partial charge in [-0.2, -0.15) is 0 Å². The zero-order valence-electron chi connectivity index (χ0n) is 11.3. The minimum Gasteiger partial charge on any atom is -0.466 e. The summed E-state index contributed by atoms with van der Waals surface area (Å²) in [5, 5.41) is 3.98. The number of hydrogen-bond donors (Lipinski definition) is 0.